The van der Waals surface area contributed by atoms with E-state index in [1.807, 2.05) is 6.07 Å². The van der Waals surface area contributed by atoms with Crippen LogP contribution in [0.3, 0.4) is 0 Å². The van der Waals surface area contributed by atoms with Crippen molar-refractivity contribution in [3.05, 3.63) is 35.1 Å². The molecule has 0 spiro atoms. The van der Waals surface area contributed by atoms with Gasteiger partial charge in [0.1, 0.15) is 5.82 Å². The van der Waals surface area contributed by atoms with Crippen molar-refractivity contribution in [2.75, 3.05) is 19.3 Å². The molecular formula is C12H15FN2O2S. The fourth-order valence-corrected chi connectivity index (χ4v) is 3.96. The maximum Gasteiger partial charge on any atom is 0.209 e. The number of fused-ring (bicyclic) bond motifs is 3. The zero-order valence-corrected chi connectivity index (χ0v) is 10.8. The second kappa shape index (κ2) is 4.01. The standard InChI is InChI=1S/C12H15FN2O2S/c1-18(16,17)15-12-7-3-2-4-10(13)11(7)8-5-14-6-9(8)12/h2-4,8-9,12,14-15H,5-6H2,1H3/t8-,9+,12-/m0/s1. The zero-order chi connectivity index (χ0) is 12.9. The van der Waals surface area contributed by atoms with Crippen LogP contribution in [0.5, 0.6) is 0 Å². The molecule has 18 heavy (non-hydrogen) atoms. The zero-order valence-electron chi connectivity index (χ0n) is 9.98. The van der Waals surface area contributed by atoms with Gasteiger partial charge in [-0.25, -0.2) is 17.5 Å². The SMILES string of the molecule is CS(=O)(=O)N[C@H]1c2cccc(F)c2[C@H]2CNC[C@H]21. The van der Waals surface area contributed by atoms with Crippen molar-refractivity contribution in [1.29, 1.82) is 0 Å². The average Bonchev–Trinajstić information content (AvgIpc) is 2.81. The van der Waals surface area contributed by atoms with Crippen LogP contribution in [0.25, 0.3) is 0 Å². The second-order valence-electron chi connectivity index (χ2n) is 5.04. The van der Waals surface area contributed by atoms with E-state index in [4.69, 9.17) is 0 Å². The first kappa shape index (κ1) is 12.1. The van der Waals surface area contributed by atoms with Crippen LogP contribution in [-0.2, 0) is 10.0 Å². The lowest BCUT2D eigenvalue weighted by molar-refractivity contribution is 0.434. The first-order chi connectivity index (χ1) is 8.47. The Morgan fingerprint density at radius 3 is 2.89 bits per heavy atom. The molecule has 3 atom stereocenters. The minimum atomic E-state index is -3.30. The van der Waals surface area contributed by atoms with Crippen LogP contribution < -0.4 is 10.0 Å². The lowest BCUT2D eigenvalue weighted by atomic mass is 9.95. The van der Waals surface area contributed by atoms with E-state index in [0.29, 0.717) is 18.7 Å². The fraction of sp³-hybridized carbons (Fsp3) is 0.500. The molecule has 2 aliphatic rings. The topological polar surface area (TPSA) is 58.2 Å². The number of sulfonamides is 1. The smallest absolute Gasteiger partial charge is 0.209 e. The van der Waals surface area contributed by atoms with Crippen LogP contribution in [0.4, 0.5) is 4.39 Å². The van der Waals surface area contributed by atoms with Crippen molar-refractivity contribution in [3.63, 3.8) is 0 Å². The van der Waals surface area contributed by atoms with Gasteiger partial charge in [-0.3, -0.25) is 0 Å². The van der Waals surface area contributed by atoms with Gasteiger partial charge in [-0.05, 0) is 17.2 Å². The van der Waals surface area contributed by atoms with Gasteiger partial charge in [0.25, 0.3) is 0 Å². The molecule has 6 heteroatoms. The summed E-state index contributed by atoms with van der Waals surface area (Å²) in [6, 6.07) is 4.58. The number of rotatable bonds is 2. The highest BCUT2D eigenvalue weighted by atomic mass is 32.2. The fourth-order valence-electron chi connectivity index (χ4n) is 3.19. The van der Waals surface area contributed by atoms with Gasteiger partial charge >= 0.3 is 0 Å². The largest absolute Gasteiger partial charge is 0.316 e. The number of nitrogens with one attached hydrogen (secondary N) is 2. The van der Waals surface area contributed by atoms with Crippen molar-refractivity contribution in [1.82, 2.24) is 10.0 Å². The Bertz CT molecular complexity index is 588. The summed E-state index contributed by atoms with van der Waals surface area (Å²) >= 11 is 0. The molecule has 0 unspecified atom stereocenters. The predicted octanol–water partition coefficient (Wildman–Crippen LogP) is 0.733. The molecule has 2 N–H and O–H groups in total. The molecule has 1 aliphatic heterocycles. The van der Waals surface area contributed by atoms with Gasteiger partial charge in [-0.15, -0.1) is 0 Å². The molecule has 1 aromatic rings. The van der Waals surface area contributed by atoms with Crippen molar-refractivity contribution in [3.8, 4) is 0 Å². The number of halogens is 1. The predicted molar refractivity (Wildman–Crippen MR) is 66.2 cm³/mol. The van der Waals surface area contributed by atoms with E-state index in [1.165, 1.54) is 6.07 Å². The lowest BCUT2D eigenvalue weighted by Crippen LogP contribution is -2.32. The van der Waals surface area contributed by atoms with Crippen LogP contribution in [0.1, 0.15) is 23.1 Å². The molecule has 1 aromatic carbocycles. The summed E-state index contributed by atoms with van der Waals surface area (Å²) in [7, 11) is -3.30. The third-order valence-corrected chi connectivity index (χ3v) is 4.50. The third kappa shape index (κ3) is 1.84. The highest BCUT2D eigenvalue weighted by molar-refractivity contribution is 7.88. The molecule has 3 rings (SSSR count). The molecule has 1 heterocycles. The molecule has 0 bridgehead atoms. The minimum absolute atomic E-state index is 0.0699. The molecule has 98 valence electrons. The first-order valence-corrected chi connectivity index (χ1v) is 7.83. The maximum atomic E-state index is 13.9. The van der Waals surface area contributed by atoms with Gasteiger partial charge in [-0.2, -0.15) is 0 Å². The summed E-state index contributed by atoms with van der Waals surface area (Å²) < 4.78 is 39.5. The molecule has 1 aliphatic carbocycles. The Kier molecular flexibility index (Phi) is 2.69. The first-order valence-electron chi connectivity index (χ1n) is 5.94. The summed E-state index contributed by atoms with van der Waals surface area (Å²) in [5.74, 6) is -0.0592. The Hall–Kier alpha value is -0.980. The molecule has 1 fully saturated rings. The summed E-state index contributed by atoms with van der Waals surface area (Å²) in [6.45, 7) is 1.42. The summed E-state index contributed by atoms with van der Waals surface area (Å²) in [4.78, 5) is 0. The van der Waals surface area contributed by atoms with Crippen molar-refractivity contribution in [2.24, 2.45) is 5.92 Å². The highest BCUT2D eigenvalue weighted by Crippen LogP contribution is 2.47. The Morgan fingerprint density at radius 2 is 2.17 bits per heavy atom. The molecule has 1 saturated heterocycles. The number of hydrogen-bond donors (Lipinski definition) is 2. The lowest BCUT2D eigenvalue weighted by Gasteiger charge is -2.19. The van der Waals surface area contributed by atoms with E-state index >= 15 is 0 Å². The normalized spacial score (nSPS) is 30.2. The van der Waals surface area contributed by atoms with E-state index in [9.17, 15) is 12.8 Å². The van der Waals surface area contributed by atoms with E-state index in [0.717, 1.165) is 11.8 Å². The van der Waals surface area contributed by atoms with E-state index in [1.54, 1.807) is 6.07 Å². The maximum absolute atomic E-state index is 13.9. The van der Waals surface area contributed by atoms with Crippen molar-refractivity contribution >= 4 is 10.0 Å². The molecule has 0 radical (unpaired) electrons. The van der Waals surface area contributed by atoms with E-state index < -0.39 is 10.0 Å². The Balaban J connectivity index is 2.08. The summed E-state index contributed by atoms with van der Waals surface area (Å²) in [5.41, 5.74) is 1.46. The van der Waals surface area contributed by atoms with Crippen LogP contribution in [0.2, 0.25) is 0 Å². The van der Waals surface area contributed by atoms with Gasteiger partial charge in [0.15, 0.2) is 0 Å². The van der Waals surface area contributed by atoms with Crippen LogP contribution in [0, 0.1) is 11.7 Å². The number of hydrogen-bond acceptors (Lipinski definition) is 3. The van der Waals surface area contributed by atoms with Gasteiger partial charge in [0.05, 0.1) is 12.3 Å². The number of benzene rings is 1. The van der Waals surface area contributed by atoms with Crippen molar-refractivity contribution < 1.29 is 12.8 Å². The highest BCUT2D eigenvalue weighted by Gasteiger charge is 2.45. The molecule has 0 amide bonds. The molecule has 0 saturated carbocycles. The summed E-state index contributed by atoms with van der Waals surface area (Å²) in [5, 5.41) is 3.21. The van der Waals surface area contributed by atoms with Gasteiger partial charge in [-0.1, -0.05) is 12.1 Å². The van der Waals surface area contributed by atoms with E-state index in [2.05, 4.69) is 10.0 Å². The van der Waals surface area contributed by atoms with E-state index in [-0.39, 0.29) is 23.7 Å². The molecule has 4 nitrogen and oxygen atoms in total. The van der Waals surface area contributed by atoms with Crippen LogP contribution in [-0.4, -0.2) is 27.8 Å². The summed E-state index contributed by atoms with van der Waals surface area (Å²) in [6.07, 6.45) is 1.14. The monoisotopic (exact) mass is 270 g/mol. The average molecular weight is 270 g/mol. The van der Waals surface area contributed by atoms with Gasteiger partial charge in [0, 0.05) is 24.9 Å². The van der Waals surface area contributed by atoms with Crippen LogP contribution in [0.15, 0.2) is 18.2 Å². The Labute approximate surface area is 106 Å². The molecule has 0 aromatic heterocycles. The second-order valence-corrected chi connectivity index (χ2v) is 6.82. The third-order valence-electron chi connectivity index (χ3n) is 3.82. The van der Waals surface area contributed by atoms with Gasteiger partial charge in [0.2, 0.25) is 10.0 Å². The Morgan fingerprint density at radius 1 is 1.39 bits per heavy atom. The van der Waals surface area contributed by atoms with Crippen LogP contribution >= 0.6 is 0 Å². The molecular weight excluding hydrogens is 255 g/mol. The van der Waals surface area contributed by atoms with Crippen molar-refractivity contribution in [2.45, 2.75) is 12.0 Å². The van der Waals surface area contributed by atoms with Gasteiger partial charge < -0.3 is 5.32 Å². The quantitative estimate of drug-likeness (QED) is 0.833. The minimum Gasteiger partial charge on any atom is -0.316 e.